The Morgan fingerprint density at radius 2 is 1.60 bits per heavy atom. The summed E-state index contributed by atoms with van der Waals surface area (Å²) in [5.41, 5.74) is 2.19. The summed E-state index contributed by atoms with van der Waals surface area (Å²) in [6.07, 6.45) is 1.01. The zero-order chi connectivity index (χ0) is 18.2. The van der Waals surface area contributed by atoms with Gasteiger partial charge in [0, 0.05) is 10.9 Å². The molecule has 0 amide bonds. The highest BCUT2D eigenvalue weighted by atomic mass is 31.1. The van der Waals surface area contributed by atoms with Gasteiger partial charge in [-0.15, -0.1) is 0 Å². The molecule has 0 fully saturated rings. The van der Waals surface area contributed by atoms with E-state index in [1.165, 1.54) is 10.9 Å². The zero-order valence-electron chi connectivity index (χ0n) is 15.9. The van der Waals surface area contributed by atoms with Crippen LogP contribution < -0.4 is 19.5 Å². The first-order valence-electron chi connectivity index (χ1n) is 8.72. The Hall–Kier alpha value is -1.73. The Morgan fingerprint density at radius 3 is 2.12 bits per heavy atom. The third-order valence-corrected chi connectivity index (χ3v) is 8.00. The molecule has 2 aromatic rings. The molecule has 3 rings (SSSR count). The third-order valence-electron chi connectivity index (χ3n) is 4.56. The summed E-state index contributed by atoms with van der Waals surface area (Å²) in [6, 6.07) is 12.3. The largest absolute Gasteiger partial charge is 0.496 e. The molecule has 0 bridgehead atoms. The highest BCUT2D eigenvalue weighted by Gasteiger charge is 2.42. The van der Waals surface area contributed by atoms with Crippen LogP contribution in [0.1, 0.15) is 34.1 Å². The minimum absolute atomic E-state index is 0.159. The maximum Gasteiger partial charge on any atom is 0.130 e. The molecular formula is C21H27O3P. The van der Waals surface area contributed by atoms with Crippen LogP contribution in [0, 0.1) is 0 Å². The molecule has 1 heterocycles. The van der Waals surface area contributed by atoms with Gasteiger partial charge in [-0.3, -0.25) is 0 Å². The number of fused-ring (bicyclic) bond motifs is 1. The van der Waals surface area contributed by atoms with E-state index in [2.05, 4.69) is 45.9 Å². The van der Waals surface area contributed by atoms with Gasteiger partial charge >= 0.3 is 0 Å². The van der Waals surface area contributed by atoms with Crippen molar-refractivity contribution < 1.29 is 14.2 Å². The van der Waals surface area contributed by atoms with E-state index in [4.69, 9.17) is 14.2 Å². The summed E-state index contributed by atoms with van der Waals surface area (Å²) >= 11 is 0. The van der Waals surface area contributed by atoms with Crippen molar-refractivity contribution in [2.24, 2.45) is 0 Å². The van der Waals surface area contributed by atoms with Crippen molar-refractivity contribution in [2.45, 2.75) is 45.1 Å². The Kier molecular flexibility index (Phi) is 4.97. The van der Waals surface area contributed by atoms with Crippen molar-refractivity contribution >= 4 is 13.2 Å². The normalized spacial score (nSPS) is 19.3. The molecule has 134 valence electrons. The molecule has 1 aliphatic heterocycles. The molecule has 4 heteroatoms. The van der Waals surface area contributed by atoms with Crippen molar-refractivity contribution in [1.82, 2.24) is 0 Å². The molecule has 1 unspecified atom stereocenters. The van der Waals surface area contributed by atoms with Gasteiger partial charge in [0.25, 0.3) is 0 Å². The van der Waals surface area contributed by atoms with Gasteiger partial charge in [0.05, 0.1) is 19.8 Å². The molecule has 0 radical (unpaired) electrons. The van der Waals surface area contributed by atoms with Gasteiger partial charge in [-0.1, -0.05) is 45.9 Å². The molecule has 0 aromatic heterocycles. The van der Waals surface area contributed by atoms with Crippen molar-refractivity contribution in [1.29, 1.82) is 0 Å². The predicted octanol–water partition coefficient (Wildman–Crippen LogP) is 5.41. The summed E-state index contributed by atoms with van der Waals surface area (Å²) in [7, 11) is 2.94. The highest BCUT2D eigenvalue weighted by molar-refractivity contribution is 7.68. The molecule has 25 heavy (non-hydrogen) atoms. The topological polar surface area (TPSA) is 27.7 Å². The molecule has 0 spiro atoms. The Bertz CT molecular complexity index is 742. The number of benzene rings is 2. The van der Waals surface area contributed by atoms with Crippen molar-refractivity contribution in [2.75, 3.05) is 14.2 Å². The van der Waals surface area contributed by atoms with Crippen LogP contribution in [0.4, 0.5) is 0 Å². The van der Waals surface area contributed by atoms with Gasteiger partial charge in [0.1, 0.15) is 23.1 Å². The number of rotatable bonds is 4. The van der Waals surface area contributed by atoms with E-state index in [1.54, 1.807) is 14.2 Å². The van der Waals surface area contributed by atoms with Gasteiger partial charge in [-0.05, 0) is 37.7 Å². The Labute approximate surface area is 152 Å². The molecule has 0 aliphatic carbocycles. The van der Waals surface area contributed by atoms with E-state index in [9.17, 15) is 0 Å². The first kappa shape index (κ1) is 18.1. The lowest BCUT2D eigenvalue weighted by Gasteiger charge is -2.32. The van der Waals surface area contributed by atoms with E-state index in [1.807, 2.05) is 18.2 Å². The lowest BCUT2D eigenvalue weighted by atomic mass is 10.0. The van der Waals surface area contributed by atoms with Crippen molar-refractivity contribution in [3.8, 4) is 28.4 Å². The number of hydrogen-bond acceptors (Lipinski definition) is 3. The molecule has 0 saturated heterocycles. The number of hydrogen-bond donors (Lipinski definition) is 0. The quantitative estimate of drug-likeness (QED) is 0.685. The second-order valence-corrected chi connectivity index (χ2v) is 10.3. The van der Waals surface area contributed by atoms with Gasteiger partial charge < -0.3 is 14.2 Å². The molecule has 3 nitrogen and oxygen atoms in total. The highest BCUT2D eigenvalue weighted by Crippen LogP contribution is 2.61. The predicted molar refractivity (Wildman–Crippen MR) is 106 cm³/mol. The lowest BCUT2D eigenvalue weighted by molar-refractivity contribution is 0.288. The zero-order valence-corrected chi connectivity index (χ0v) is 16.8. The first-order chi connectivity index (χ1) is 11.9. The van der Waals surface area contributed by atoms with Gasteiger partial charge in [0.15, 0.2) is 0 Å². The third kappa shape index (κ3) is 3.11. The van der Waals surface area contributed by atoms with Crippen LogP contribution in [0.3, 0.4) is 0 Å². The molecule has 1 aliphatic rings. The smallest absolute Gasteiger partial charge is 0.130 e. The fraction of sp³-hybridized carbons (Fsp3) is 0.429. The van der Waals surface area contributed by atoms with E-state index < -0.39 is 7.92 Å². The SMILES string of the molecule is CCC1Oc2cccc(-c3c(OC)cccc3OC)c2[P@]1C(C)(C)C. The van der Waals surface area contributed by atoms with Crippen LogP contribution in [0.25, 0.3) is 11.1 Å². The van der Waals surface area contributed by atoms with Crippen molar-refractivity contribution in [3.63, 3.8) is 0 Å². The summed E-state index contributed by atoms with van der Waals surface area (Å²) < 4.78 is 17.7. The van der Waals surface area contributed by atoms with Crippen LogP contribution in [0.2, 0.25) is 0 Å². The molecule has 2 aromatic carbocycles. The van der Waals surface area contributed by atoms with Gasteiger partial charge in [-0.25, -0.2) is 0 Å². The maximum absolute atomic E-state index is 6.35. The summed E-state index contributed by atoms with van der Waals surface area (Å²) in [6.45, 7) is 9.16. The van der Waals surface area contributed by atoms with E-state index in [-0.39, 0.29) is 11.0 Å². The average Bonchev–Trinajstić information content (AvgIpc) is 3.00. The van der Waals surface area contributed by atoms with Crippen LogP contribution in [-0.2, 0) is 0 Å². The fourth-order valence-corrected chi connectivity index (χ4v) is 6.78. The Morgan fingerprint density at radius 1 is 1.00 bits per heavy atom. The van der Waals surface area contributed by atoms with Crippen LogP contribution in [-0.4, -0.2) is 25.2 Å². The van der Waals surface area contributed by atoms with Crippen LogP contribution in [0.5, 0.6) is 17.2 Å². The second kappa shape index (κ2) is 6.88. The number of ether oxygens (including phenoxy) is 3. The minimum Gasteiger partial charge on any atom is -0.496 e. The Balaban J connectivity index is 2.28. The fourth-order valence-electron chi connectivity index (χ4n) is 3.56. The summed E-state index contributed by atoms with van der Waals surface area (Å²) in [5.74, 6) is 2.93. The van der Waals surface area contributed by atoms with Crippen molar-refractivity contribution in [3.05, 3.63) is 36.4 Å². The molecular weight excluding hydrogens is 331 g/mol. The number of methoxy groups -OCH3 is 2. The van der Waals surface area contributed by atoms with E-state index >= 15 is 0 Å². The molecule has 0 N–H and O–H groups in total. The van der Waals surface area contributed by atoms with Gasteiger partial charge in [-0.2, -0.15) is 0 Å². The lowest BCUT2D eigenvalue weighted by Crippen LogP contribution is -2.24. The first-order valence-corrected chi connectivity index (χ1v) is 10.1. The maximum atomic E-state index is 6.35. The summed E-state index contributed by atoms with van der Waals surface area (Å²) in [5, 5.41) is 1.49. The van der Waals surface area contributed by atoms with E-state index in [0.717, 1.165) is 29.2 Å². The van der Waals surface area contributed by atoms with Gasteiger partial charge in [0.2, 0.25) is 0 Å². The standard InChI is InChI=1S/C21H27O3P/c1-7-18-24-17-13-8-10-14(20(17)25(18)21(2,3)4)19-15(22-5)11-9-12-16(19)23-6/h8-13,18H,7H2,1-6H3/t18?,25-/m1/s1. The van der Waals surface area contributed by atoms with E-state index in [0.29, 0.717) is 0 Å². The second-order valence-electron chi connectivity index (χ2n) is 7.21. The summed E-state index contributed by atoms with van der Waals surface area (Å²) in [4.78, 5) is 0. The van der Waals surface area contributed by atoms with Crippen LogP contribution >= 0.6 is 7.92 Å². The average molecular weight is 358 g/mol. The minimum atomic E-state index is -0.478. The van der Waals surface area contributed by atoms with Crippen LogP contribution in [0.15, 0.2) is 36.4 Å². The monoisotopic (exact) mass is 358 g/mol. The molecule has 0 saturated carbocycles. The molecule has 2 atom stereocenters.